The summed E-state index contributed by atoms with van der Waals surface area (Å²) in [7, 11) is 0. The number of para-hydroxylation sites is 4. The van der Waals surface area contributed by atoms with Crippen molar-refractivity contribution in [2.24, 2.45) is 4.99 Å². The van der Waals surface area contributed by atoms with E-state index in [1.807, 2.05) is 23.5 Å². The van der Waals surface area contributed by atoms with E-state index in [0.29, 0.717) is 0 Å². The molecule has 0 saturated heterocycles. The number of benzene rings is 5. The van der Waals surface area contributed by atoms with Gasteiger partial charge in [-0.25, -0.2) is 0 Å². The molecule has 0 saturated carbocycles. The maximum absolute atomic E-state index is 5.47. The molecule has 3 heterocycles. The summed E-state index contributed by atoms with van der Waals surface area (Å²) in [6.45, 7) is 0. The zero-order valence-electron chi connectivity index (χ0n) is 20.1. The molecule has 3 nitrogen and oxygen atoms in total. The number of hydrogen-bond acceptors (Lipinski definition) is 3. The van der Waals surface area contributed by atoms with Crippen LogP contribution in [0.2, 0.25) is 0 Å². The topological polar surface area (TPSA) is 18.6 Å². The van der Waals surface area contributed by atoms with Crippen molar-refractivity contribution >= 4 is 57.9 Å². The van der Waals surface area contributed by atoms with Crippen LogP contribution in [0.15, 0.2) is 146 Å². The summed E-state index contributed by atoms with van der Waals surface area (Å²) >= 11 is 3.64. The molecule has 0 aliphatic carbocycles. The van der Waals surface area contributed by atoms with Gasteiger partial charge in [-0.15, -0.1) is 0 Å². The molecular formula is C32H20ClN3S2. The fourth-order valence-corrected chi connectivity index (χ4v) is 7.42. The Bertz CT molecular complexity index is 1720. The Hall–Kier alpha value is -3.77. The maximum Gasteiger partial charge on any atom is 0.339 e. The van der Waals surface area contributed by atoms with Crippen LogP contribution in [0.3, 0.4) is 0 Å². The third-order valence-electron chi connectivity index (χ3n) is 6.91. The summed E-state index contributed by atoms with van der Waals surface area (Å²) in [4.78, 5) is 12.7. The number of halogens is 1. The summed E-state index contributed by atoms with van der Waals surface area (Å²) in [6, 6.07) is 43.1. The maximum atomic E-state index is 5.47. The minimum absolute atomic E-state index is 0. The van der Waals surface area contributed by atoms with Gasteiger partial charge in [0.05, 0.1) is 32.3 Å². The van der Waals surface area contributed by atoms with Crippen LogP contribution in [-0.2, 0) is 0 Å². The van der Waals surface area contributed by atoms with E-state index in [0.717, 1.165) is 45.5 Å². The van der Waals surface area contributed by atoms with Gasteiger partial charge < -0.3 is 12.4 Å². The first-order valence-corrected chi connectivity index (χ1v) is 13.9. The van der Waals surface area contributed by atoms with Gasteiger partial charge >= 0.3 is 5.84 Å². The molecule has 6 heteroatoms. The molecule has 0 bridgehead atoms. The summed E-state index contributed by atoms with van der Waals surface area (Å²) in [5, 5.41) is 0. The predicted molar refractivity (Wildman–Crippen MR) is 155 cm³/mol. The second-order valence-electron chi connectivity index (χ2n) is 9.05. The Morgan fingerprint density at radius 2 is 0.947 bits per heavy atom. The highest BCUT2D eigenvalue weighted by Gasteiger charge is 2.41. The molecule has 5 aromatic rings. The third-order valence-corrected chi connectivity index (χ3v) is 9.17. The van der Waals surface area contributed by atoms with Gasteiger partial charge in [0.1, 0.15) is 11.4 Å². The van der Waals surface area contributed by atoms with Gasteiger partial charge in [-0.05, 0) is 65.7 Å². The van der Waals surface area contributed by atoms with Crippen molar-refractivity contribution in [3.63, 3.8) is 0 Å². The Morgan fingerprint density at radius 3 is 1.55 bits per heavy atom. The molecule has 3 aliphatic heterocycles. The molecule has 38 heavy (non-hydrogen) atoms. The minimum Gasteiger partial charge on any atom is -1.00 e. The van der Waals surface area contributed by atoms with Gasteiger partial charge in [0.2, 0.25) is 0 Å². The van der Waals surface area contributed by atoms with E-state index in [2.05, 4.69) is 131 Å². The van der Waals surface area contributed by atoms with Crippen molar-refractivity contribution < 1.29 is 12.4 Å². The molecule has 0 unspecified atom stereocenters. The molecule has 8 rings (SSSR count). The normalized spacial score (nSPS) is 14.4. The zero-order valence-corrected chi connectivity index (χ0v) is 22.5. The predicted octanol–water partition coefficient (Wildman–Crippen LogP) is 5.50. The smallest absolute Gasteiger partial charge is 0.339 e. The van der Waals surface area contributed by atoms with Gasteiger partial charge in [-0.1, -0.05) is 84.2 Å². The average molecular weight is 546 g/mol. The molecule has 182 valence electrons. The second kappa shape index (κ2) is 9.21. The van der Waals surface area contributed by atoms with Gasteiger partial charge in [-0.2, -0.15) is 4.58 Å². The van der Waals surface area contributed by atoms with Crippen molar-refractivity contribution in [3.8, 4) is 0 Å². The number of anilines is 2. The molecule has 0 N–H and O–H groups in total. The van der Waals surface area contributed by atoms with Crippen LogP contribution in [0.5, 0.6) is 0 Å². The van der Waals surface area contributed by atoms with Crippen LogP contribution in [-0.4, -0.2) is 11.7 Å². The van der Waals surface area contributed by atoms with Crippen molar-refractivity contribution in [3.05, 3.63) is 132 Å². The third kappa shape index (κ3) is 3.47. The lowest BCUT2D eigenvalue weighted by Gasteiger charge is -2.30. The summed E-state index contributed by atoms with van der Waals surface area (Å²) in [5.41, 5.74) is 6.93. The van der Waals surface area contributed by atoms with Gasteiger partial charge in [-0.3, -0.25) is 4.90 Å². The van der Waals surface area contributed by atoms with Gasteiger partial charge in [0, 0.05) is 9.79 Å². The number of hydrogen-bond donors (Lipinski definition) is 0. The minimum atomic E-state index is 0. The largest absolute Gasteiger partial charge is 1.00 e. The van der Waals surface area contributed by atoms with E-state index in [9.17, 15) is 0 Å². The summed E-state index contributed by atoms with van der Waals surface area (Å²) in [5.74, 6) is 1.91. The Kier molecular flexibility index (Phi) is 5.66. The molecule has 0 amide bonds. The first-order valence-electron chi connectivity index (χ1n) is 12.2. The van der Waals surface area contributed by atoms with Crippen LogP contribution < -0.4 is 21.9 Å². The van der Waals surface area contributed by atoms with Crippen LogP contribution in [0.25, 0.3) is 0 Å². The fraction of sp³-hybridized carbons (Fsp3) is 0. The Balaban J connectivity index is 0.00000242. The molecule has 0 fully saturated rings. The van der Waals surface area contributed by atoms with Gasteiger partial charge in [0.15, 0.2) is 0 Å². The highest BCUT2D eigenvalue weighted by Crippen LogP contribution is 2.50. The summed E-state index contributed by atoms with van der Waals surface area (Å²) in [6.07, 6.45) is 0. The summed E-state index contributed by atoms with van der Waals surface area (Å²) < 4.78 is 2.34. The van der Waals surface area contributed by atoms with Gasteiger partial charge in [0.25, 0.3) is 5.84 Å². The standard InChI is InChI=1S/C32H20N3S2.ClH/c1-2-12-22-21(11-1)31(34-23-13-3-7-17-27(23)36-28-18-8-4-14-24(28)34)33-32(22)35-25-15-5-9-19-29(25)37-30-20-10-6-16-26(30)35;/h1-20H;1H/q+1;/p-1. The van der Waals surface area contributed by atoms with Crippen molar-refractivity contribution in [1.29, 1.82) is 0 Å². The average Bonchev–Trinajstić information content (AvgIpc) is 3.33. The van der Waals surface area contributed by atoms with Crippen LogP contribution >= 0.6 is 23.5 Å². The van der Waals surface area contributed by atoms with E-state index < -0.39 is 0 Å². The number of aliphatic imine (C=N–C) groups is 1. The van der Waals surface area contributed by atoms with E-state index in [4.69, 9.17) is 4.99 Å². The van der Waals surface area contributed by atoms with Crippen LogP contribution in [0, 0.1) is 0 Å². The molecule has 0 atom stereocenters. The van der Waals surface area contributed by atoms with E-state index in [1.54, 1.807) is 0 Å². The number of fused-ring (bicyclic) bond motifs is 5. The van der Waals surface area contributed by atoms with E-state index in [-0.39, 0.29) is 12.4 Å². The van der Waals surface area contributed by atoms with E-state index >= 15 is 0 Å². The second-order valence-corrected chi connectivity index (χ2v) is 11.2. The Morgan fingerprint density at radius 1 is 0.500 bits per heavy atom. The number of nitrogens with zero attached hydrogens (tertiary/aromatic N) is 3. The molecular weight excluding hydrogens is 526 g/mol. The lowest BCUT2D eigenvalue weighted by Crippen LogP contribution is -3.00. The number of rotatable bonds is 0. The molecule has 0 aromatic heterocycles. The lowest BCUT2D eigenvalue weighted by molar-refractivity contribution is -0.00000703. The number of amidine groups is 2. The highest BCUT2D eigenvalue weighted by molar-refractivity contribution is 8.00. The quantitative estimate of drug-likeness (QED) is 0.235. The van der Waals surface area contributed by atoms with Crippen molar-refractivity contribution in [2.75, 3.05) is 4.90 Å². The monoisotopic (exact) mass is 545 g/mol. The van der Waals surface area contributed by atoms with Crippen molar-refractivity contribution in [2.45, 2.75) is 19.6 Å². The molecule has 5 aromatic carbocycles. The lowest BCUT2D eigenvalue weighted by atomic mass is 10.1. The Labute approximate surface area is 236 Å². The SMILES string of the molecule is [Cl-].c1ccc2c(c1)Sc1ccccc1N2C1=NC(=[N+]2c3ccccc3Sc3ccccc32)c2ccccc21. The zero-order chi connectivity index (χ0) is 24.3. The molecule has 3 aliphatic rings. The van der Waals surface area contributed by atoms with Crippen LogP contribution in [0.1, 0.15) is 11.1 Å². The molecule has 0 spiro atoms. The van der Waals surface area contributed by atoms with Crippen LogP contribution in [0.4, 0.5) is 22.7 Å². The first kappa shape index (κ1) is 23.4. The fourth-order valence-electron chi connectivity index (χ4n) is 5.30. The molecule has 0 radical (unpaired) electrons. The van der Waals surface area contributed by atoms with E-state index in [1.165, 1.54) is 19.6 Å². The first-order chi connectivity index (χ1) is 18.4. The highest BCUT2D eigenvalue weighted by atomic mass is 35.5. The van der Waals surface area contributed by atoms with Crippen molar-refractivity contribution in [1.82, 2.24) is 4.58 Å².